The SMILES string of the molecule is C[C@@H](CO)NCc1cncc2ccccc12. The van der Waals surface area contributed by atoms with Crippen LogP contribution < -0.4 is 5.32 Å². The van der Waals surface area contributed by atoms with Gasteiger partial charge in [-0.2, -0.15) is 0 Å². The van der Waals surface area contributed by atoms with Crippen molar-refractivity contribution in [3.05, 3.63) is 42.2 Å². The van der Waals surface area contributed by atoms with Crippen LogP contribution in [0, 0.1) is 0 Å². The van der Waals surface area contributed by atoms with Crippen molar-refractivity contribution in [3.63, 3.8) is 0 Å². The lowest BCUT2D eigenvalue weighted by molar-refractivity contribution is 0.251. The molecule has 3 nitrogen and oxygen atoms in total. The minimum Gasteiger partial charge on any atom is -0.395 e. The summed E-state index contributed by atoms with van der Waals surface area (Å²) in [5.74, 6) is 0. The summed E-state index contributed by atoms with van der Waals surface area (Å²) in [6.45, 7) is 2.84. The first-order valence-electron chi connectivity index (χ1n) is 5.47. The lowest BCUT2D eigenvalue weighted by Crippen LogP contribution is -2.28. The zero-order valence-corrected chi connectivity index (χ0v) is 9.35. The smallest absolute Gasteiger partial charge is 0.0582 e. The van der Waals surface area contributed by atoms with Crippen LogP contribution >= 0.6 is 0 Å². The van der Waals surface area contributed by atoms with E-state index in [1.54, 1.807) is 0 Å². The van der Waals surface area contributed by atoms with Crippen LogP contribution in [0.1, 0.15) is 12.5 Å². The molecule has 0 saturated carbocycles. The second kappa shape index (κ2) is 5.05. The van der Waals surface area contributed by atoms with E-state index in [4.69, 9.17) is 5.11 Å². The molecule has 0 aliphatic carbocycles. The highest BCUT2D eigenvalue weighted by Gasteiger charge is 2.03. The maximum Gasteiger partial charge on any atom is 0.0582 e. The Kier molecular flexibility index (Phi) is 3.49. The fraction of sp³-hybridized carbons (Fsp3) is 0.308. The highest BCUT2D eigenvalue weighted by Crippen LogP contribution is 2.16. The molecule has 84 valence electrons. The number of pyridine rings is 1. The molecule has 1 aromatic carbocycles. The van der Waals surface area contributed by atoms with Gasteiger partial charge in [-0.1, -0.05) is 24.3 Å². The van der Waals surface area contributed by atoms with Gasteiger partial charge in [-0.15, -0.1) is 0 Å². The highest BCUT2D eigenvalue weighted by atomic mass is 16.3. The zero-order chi connectivity index (χ0) is 11.4. The number of hydrogen-bond acceptors (Lipinski definition) is 3. The molecule has 3 heteroatoms. The standard InChI is InChI=1S/C13H16N2O/c1-10(9-16)15-8-12-7-14-6-11-4-2-3-5-13(11)12/h2-7,10,15-16H,8-9H2,1H3/t10-/m0/s1. The van der Waals surface area contributed by atoms with Crippen molar-refractivity contribution in [1.29, 1.82) is 0 Å². The summed E-state index contributed by atoms with van der Waals surface area (Å²) in [4.78, 5) is 4.21. The molecule has 2 N–H and O–H groups in total. The molecule has 0 aliphatic rings. The Morgan fingerprint density at radius 3 is 2.94 bits per heavy atom. The van der Waals surface area contributed by atoms with Crippen LogP contribution in [-0.4, -0.2) is 22.7 Å². The van der Waals surface area contributed by atoms with Gasteiger partial charge in [-0.25, -0.2) is 0 Å². The highest BCUT2D eigenvalue weighted by molar-refractivity contribution is 5.84. The van der Waals surface area contributed by atoms with Gasteiger partial charge in [0.15, 0.2) is 0 Å². The molecule has 0 bridgehead atoms. The normalized spacial score (nSPS) is 12.9. The summed E-state index contributed by atoms with van der Waals surface area (Å²) in [7, 11) is 0. The van der Waals surface area contributed by atoms with Crippen molar-refractivity contribution >= 4 is 10.8 Å². The van der Waals surface area contributed by atoms with Gasteiger partial charge in [-0.05, 0) is 17.9 Å². The Balaban J connectivity index is 2.23. The number of aliphatic hydroxyl groups excluding tert-OH is 1. The van der Waals surface area contributed by atoms with Crippen LogP contribution in [0.2, 0.25) is 0 Å². The topological polar surface area (TPSA) is 45.1 Å². The van der Waals surface area contributed by atoms with Gasteiger partial charge in [0.25, 0.3) is 0 Å². The van der Waals surface area contributed by atoms with E-state index in [0.29, 0.717) is 0 Å². The predicted octanol–water partition coefficient (Wildman–Crippen LogP) is 1.71. The molecule has 2 aromatic rings. The van der Waals surface area contributed by atoms with Crippen LogP contribution in [0.5, 0.6) is 0 Å². The van der Waals surface area contributed by atoms with Gasteiger partial charge < -0.3 is 10.4 Å². The second-order valence-corrected chi connectivity index (χ2v) is 3.98. The molecule has 0 radical (unpaired) electrons. The van der Waals surface area contributed by atoms with Crippen molar-refractivity contribution in [2.75, 3.05) is 6.61 Å². The molecule has 1 heterocycles. The minimum absolute atomic E-state index is 0.110. The zero-order valence-electron chi connectivity index (χ0n) is 9.35. The number of benzene rings is 1. The minimum atomic E-state index is 0.110. The van der Waals surface area contributed by atoms with Crippen molar-refractivity contribution in [1.82, 2.24) is 10.3 Å². The first-order valence-corrected chi connectivity index (χ1v) is 5.47. The van der Waals surface area contributed by atoms with Gasteiger partial charge in [0, 0.05) is 30.4 Å². The fourth-order valence-electron chi connectivity index (χ4n) is 1.67. The average molecular weight is 216 g/mol. The number of aliphatic hydroxyl groups is 1. The largest absolute Gasteiger partial charge is 0.395 e. The summed E-state index contributed by atoms with van der Waals surface area (Å²) in [6, 6.07) is 8.30. The number of fused-ring (bicyclic) bond motifs is 1. The van der Waals surface area contributed by atoms with Gasteiger partial charge in [0.05, 0.1) is 6.61 Å². The monoisotopic (exact) mass is 216 g/mol. The third-order valence-electron chi connectivity index (χ3n) is 2.67. The van der Waals surface area contributed by atoms with E-state index in [9.17, 15) is 0 Å². The van der Waals surface area contributed by atoms with Crippen molar-refractivity contribution in [2.45, 2.75) is 19.5 Å². The van der Waals surface area contributed by atoms with Gasteiger partial charge in [-0.3, -0.25) is 4.98 Å². The molecule has 1 aromatic heterocycles. The number of nitrogens with zero attached hydrogens (tertiary/aromatic N) is 1. The molecule has 1 atom stereocenters. The third kappa shape index (κ3) is 2.38. The van der Waals surface area contributed by atoms with Gasteiger partial charge in [0.2, 0.25) is 0 Å². The maximum atomic E-state index is 8.95. The van der Waals surface area contributed by atoms with Crippen LogP contribution in [0.25, 0.3) is 10.8 Å². The lowest BCUT2D eigenvalue weighted by atomic mass is 10.1. The van der Waals surface area contributed by atoms with Crippen LogP contribution in [0.15, 0.2) is 36.7 Å². The second-order valence-electron chi connectivity index (χ2n) is 3.98. The first-order chi connectivity index (χ1) is 7.81. The lowest BCUT2D eigenvalue weighted by Gasteiger charge is -2.11. The predicted molar refractivity (Wildman–Crippen MR) is 65.1 cm³/mol. The number of aromatic nitrogens is 1. The number of hydrogen-bond donors (Lipinski definition) is 2. The molecule has 0 fully saturated rings. The Morgan fingerprint density at radius 2 is 2.12 bits per heavy atom. The Morgan fingerprint density at radius 1 is 1.31 bits per heavy atom. The van der Waals surface area contributed by atoms with E-state index < -0.39 is 0 Å². The van der Waals surface area contributed by atoms with E-state index in [1.165, 1.54) is 10.9 Å². The quantitative estimate of drug-likeness (QED) is 0.817. The summed E-state index contributed by atoms with van der Waals surface area (Å²) in [6.07, 6.45) is 3.74. The van der Waals surface area contributed by atoms with E-state index in [0.717, 1.165) is 11.9 Å². The molecule has 0 saturated heterocycles. The first kappa shape index (κ1) is 11.0. The van der Waals surface area contributed by atoms with Gasteiger partial charge >= 0.3 is 0 Å². The fourth-order valence-corrected chi connectivity index (χ4v) is 1.67. The molecule has 16 heavy (non-hydrogen) atoms. The number of nitrogens with one attached hydrogen (secondary N) is 1. The molecule has 0 aliphatic heterocycles. The molecule has 0 spiro atoms. The Hall–Kier alpha value is -1.45. The summed E-state index contributed by atoms with van der Waals surface area (Å²) >= 11 is 0. The van der Waals surface area contributed by atoms with Crippen LogP contribution in [-0.2, 0) is 6.54 Å². The van der Waals surface area contributed by atoms with Crippen molar-refractivity contribution in [2.24, 2.45) is 0 Å². The molecule has 2 rings (SSSR count). The van der Waals surface area contributed by atoms with Crippen LogP contribution in [0.4, 0.5) is 0 Å². The summed E-state index contributed by atoms with van der Waals surface area (Å²) in [5.41, 5.74) is 1.17. The Bertz CT molecular complexity index is 465. The molecule has 0 unspecified atom stereocenters. The van der Waals surface area contributed by atoms with E-state index in [-0.39, 0.29) is 12.6 Å². The molecule has 0 amide bonds. The van der Waals surface area contributed by atoms with Crippen molar-refractivity contribution < 1.29 is 5.11 Å². The molecular weight excluding hydrogens is 200 g/mol. The summed E-state index contributed by atoms with van der Waals surface area (Å²) < 4.78 is 0. The summed E-state index contributed by atoms with van der Waals surface area (Å²) in [5, 5.41) is 14.6. The van der Waals surface area contributed by atoms with E-state index in [1.807, 2.05) is 31.5 Å². The number of rotatable bonds is 4. The van der Waals surface area contributed by atoms with Gasteiger partial charge in [0.1, 0.15) is 0 Å². The van der Waals surface area contributed by atoms with E-state index in [2.05, 4.69) is 22.4 Å². The van der Waals surface area contributed by atoms with Crippen LogP contribution in [0.3, 0.4) is 0 Å². The maximum absolute atomic E-state index is 8.95. The Labute approximate surface area is 95.1 Å². The van der Waals surface area contributed by atoms with E-state index >= 15 is 0 Å². The third-order valence-corrected chi connectivity index (χ3v) is 2.67. The molecular formula is C13H16N2O. The van der Waals surface area contributed by atoms with Crippen molar-refractivity contribution in [3.8, 4) is 0 Å². The average Bonchev–Trinajstić information content (AvgIpc) is 2.35.